The molecule has 0 spiro atoms. The molecule has 0 fully saturated rings. The summed E-state index contributed by atoms with van der Waals surface area (Å²) in [6.45, 7) is 1.97. The second kappa shape index (κ2) is 40.7. The summed E-state index contributed by atoms with van der Waals surface area (Å²) in [7, 11) is 6.67. The molecule has 6 heterocycles. The van der Waals surface area contributed by atoms with Gasteiger partial charge in [0.05, 0.1) is 85.8 Å². The van der Waals surface area contributed by atoms with Gasteiger partial charge < -0.3 is 78.8 Å². The van der Waals surface area contributed by atoms with Crippen LogP contribution in [-0.2, 0) is 33.0 Å². The maximum Gasteiger partial charge on any atom is 0.335 e. The summed E-state index contributed by atoms with van der Waals surface area (Å²) < 4.78 is 49.6. The van der Waals surface area contributed by atoms with Gasteiger partial charge in [0.15, 0.2) is 11.2 Å². The van der Waals surface area contributed by atoms with Gasteiger partial charge in [0.1, 0.15) is 114 Å². The molecule has 27 nitrogen and oxygen atoms in total. The number of benzene rings is 8. The summed E-state index contributed by atoms with van der Waals surface area (Å²) in [4.78, 5) is 80.6. The van der Waals surface area contributed by atoms with Crippen molar-refractivity contribution in [2.75, 3.05) is 39.4 Å². The van der Waals surface area contributed by atoms with Crippen molar-refractivity contribution in [2.45, 2.75) is 40.4 Å². The lowest BCUT2D eigenvalue weighted by molar-refractivity contribution is 0.0696. The number of ether oxygens (including phenoxy) is 7. The number of hydrogen-bond acceptors (Lipinski definition) is 25. The van der Waals surface area contributed by atoms with Crippen molar-refractivity contribution in [3.8, 4) is 80.4 Å². The molecule has 1 amide bonds. The first kappa shape index (κ1) is 81.1. The number of rotatable bonds is 25. The number of nitrogen functional groups attached to an aromatic ring is 1. The third-order valence-corrected chi connectivity index (χ3v) is 15.8. The van der Waals surface area contributed by atoms with E-state index >= 15 is 0 Å². The first-order valence-electron chi connectivity index (χ1n) is 33.8. The fraction of sp³-hybridized carbons (Fsp3) is 0.118. The smallest absolute Gasteiger partial charge is 0.335 e. The third kappa shape index (κ3) is 23.8. The van der Waals surface area contributed by atoms with Gasteiger partial charge in [-0.15, -0.1) is 0 Å². The number of carboxylic acid groups (broad SMARTS) is 1. The number of aromatic nitrogens is 6. The van der Waals surface area contributed by atoms with Gasteiger partial charge >= 0.3 is 5.97 Å². The molecule has 0 atom stereocenters. The molecule has 0 aliphatic carbocycles. The minimum absolute atomic E-state index is 0. The van der Waals surface area contributed by atoms with Crippen LogP contribution in [0.4, 0.5) is 11.4 Å². The molecule has 14 rings (SSSR count). The molecule has 0 bridgehead atoms. The first-order valence-corrected chi connectivity index (χ1v) is 33.8. The number of aldehydes is 3. The van der Waals surface area contributed by atoms with Crippen molar-refractivity contribution < 1.29 is 86.4 Å². The number of methoxy groups -OCH3 is 3. The van der Waals surface area contributed by atoms with Crippen molar-refractivity contribution >= 4 is 64.3 Å². The highest BCUT2D eigenvalue weighted by Crippen LogP contribution is 2.33. The number of anilines is 2. The van der Waals surface area contributed by atoms with Crippen molar-refractivity contribution in [1.29, 1.82) is 0 Å². The molecule has 0 aliphatic rings. The van der Waals surface area contributed by atoms with Crippen molar-refractivity contribution in [3.05, 3.63) is 299 Å². The van der Waals surface area contributed by atoms with Gasteiger partial charge in [-0.1, -0.05) is 56.0 Å². The van der Waals surface area contributed by atoms with E-state index in [-0.39, 0.29) is 48.2 Å². The number of amides is 1. The second-order valence-electron chi connectivity index (χ2n) is 23.6. The fourth-order valence-corrected chi connectivity index (χ4v) is 10.0. The SMILES string of the molecule is C.CNCc1cccc(-c2nc3cc(OCc4ccc(O)cn4)ccc3o2)c1.COc1ccc(COc2ccc(O)c(N)c2)nc1.COc1ccc(COc2ccc(O)c(NC(=O)c3cccc(C=O)c3)c2)nc1.COc1ccc(COc2ccc3oc(-c4cccc(C=O)c4)nc3c2)nc1.O=Cc1cccc(C(=O)O)c1. The van der Waals surface area contributed by atoms with E-state index in [1.165, 1.54) is 54.2 Å². The lowest BCUT2D eigenvalue weighted by Gasteiger charge is -2.11. The number of nitrogens with zero attached hydrogens (tertiary/aromatic N) is 6. The van der Waals surface area contributed by atoms with Crippen molar-refractivity contribution in [3.63, 3.8) is 0 Å². The minimum atomic E-state index is -1.02. The standard InChI is InChI=1S/C21H19N3O3.C21H18N2O5.C21H16N2O4.C13H14N2O3.C8H6O3.CH4/c1-22-11-14-3-2-4-15(9-14)21-24-19-10-18(7-8-20(19)27-21)26-13-16-5-6-17(25)12-23-16;1-27-18-6-5-16(22-11-18)13-28-17-7-8-20(25)19(10-17)23-21(26)15-4-2-3-14(9-15)12-24;1-25-18-6-5-16(22-11-18)13-26-17-7-8-20-19(10-17)23-21(27-20)15-4-2-3-14(9-15)12-24;1-17-11-3-2-9(15-7-11)8-18-10-4-5-13(16)12(14)6-10;9-5-6-2-1-3-7(4-6)8(10)11;/h2-10,12,22,25H,11,13H2,1H3;2-12,25H,13H2,1H3,(H,23,26);2-12H,13H2,1H3;2-7,16H,8,14H2,1H3;1-5H,(H,10,11);1H4. The van der Waals surface area contributed by atoms with E-state index in [2.05, 4.69) is 52.7 Å². The largest absolute Gasteiger partial charge is 0.506 e. The van der Waals surface area contributed by atoms with Crippen LogP contribution >= 0.6 is 0 Å². The van der Waals surface area contributed by atoms with Crippen molar-refractivity contribution in [2.24, 2.45) is 0 Å². The van der Waals surface area contributed by atoms with E-state index < -0.39 is 11.9 Å². The normalized spacial score (nSPS) is 10.3. The number of phenols is 2. The number of carboxylic acids is 1. The summed E-state index contributed by atoms with van der Waals surface area (Å²) in [5.41, 5.74) is 16.5. The van der Waals surface area contributed by atoms with Gasteiger partial charge in [0, 0.05) is 64.2 Å². The molecule has 0 saturated heterocycles. The Hall–Kier alpha value is -15.0. The maximum atomic E-state index is 12.4. The topological polar surface area (TPSA) is 385 Å². The summed E-state index contributed by atoms with van der Waals surface area (Å²) in [6.07, 6.45) is 8.35. The number of carbonyl (C=O) groups excluding carboxylic acids is 4. The zero-order valence-corrected chi connectivity index (χ0v) is 60.1. The fourth-order valence-electron chi connectivity index (χ4n) is 10.0. The number of fused-ring (bicyclic) bond motifs is 2. The lowest BCUT2D eigenvalue weighted by atomic mass is 10.1. The monoisotopic (exact) mass is 1510 g/mol. The molecule has 8 aromatic carbocycles. The zero-order chi connectivity index (χ0) is 78.4. The van der Waals surface area contributed by atoms with Gasteiger partial charge in [-0.25, -0.2) is 14.8 Å². The number of aromatic carboxylic acids is 1. The molecule has 14 aromatic rings. The molecule has 112 heavy (non-hydrogen) atoms. The van der Waals surface area contributed by atoms with E-state index in [1.807, 2.05) is 85.9 Å². The Labute approximate surface area is 642 Å². The number of oxazole rings is 2. The number of nitrogens with one attached hydrogen (secondary N) is 2. The van der Waals surface area contributed by atoms with Gasteiger partial charge in [-0.05, 0) is 158 Å². The van der Waals surface area contributed by atoms with Crippen LogP contribution < -0.4 is 49.5 Å². The predicted molar refractivity (Wildman–Crippen MR) is 419 cm³/mol. The van der Waals surface area contributed by atoms with E-state index in [0.717, 1.165) is 46.6 Å². The van der Waals surface area contributed by atoms with Crippen LogP contribution in [-0.4, -0.2) is 109 Å². The van der Waals surface area contributed by atoms with Crippen LogP contribution in [0.15, 0.2) is 252 Å². The molecular weight excluding hydrogens is 1430 g/mol. The highest BCUT2D eigenvalue weighted by molar-refractivity contribution is 6.06. The molecule has 0 unspecified atom stereocenters. The zero-order valence-electron chi connectivity index (χ0n) is 60.1. The van der Waals surface area contributed by atoms with Crippen LogP contribution in [0.3, 0.4) is 0 Å². The number of nitrogens with two attached hydrogens (primary N) is 1. The second-order valence-corrected chi connectivity index (χ2v) is 23.6. The first-order chi connectivity index (χ1) is 54.0. The van der Waals surface area contributed by atoms with Gasteiger partial charge in [-0.3, -0.25) is 39.1 Å². The minimum Gasteiger partial charge on any atom is -0.506 e. The molecule has 0 saturated carbocycles. The van der Waals surface area contributed by atoms with Crippen LogP contribution in [0.25, 0.3) is 45.1 Å². The molecule has 6 aromatic heterocycles. The van der Waals surface area contributed by atoms with Crippen molar-refractivity contribution in [1.82, 2.24) is 35.2 Å². The van der Waals surface area contributed by atoms with Crippen LogP contribution in [0, 0.1) is 0 Å². The molecule has 0 radical (unpaired) electrons. The molecule has 8 N–H and O–H groups in total. The van der Waals surface area contributed by atoms with Gasteiger partial charge in [0.2, 0.25) is 11.8 Å². The maximum absolute atomic E-state index is 12.4. The Balaban J connectivity index is 0.000000165. The van der Waals surface area contributed by atoms with E-state index in [1.54, 1.807) is 125 Å². The number of phenolic OH excluding ortho intramolecular Hbond substituents is 2. The predicted octanol–water partition coefficient (Wildman–Crippen LogP) is 15.4. The highest BCUT2D eigenvalue weighted by atomic mass is 16.5. The Morgan fingerprint density at radius 2 is 0.857 bits per heavy atom. The molecule has 570 valence electrons. The van der Waals surface area contributed by atoms with Gasteiger partial charge in [0.25, 0.3) is 5.91 Å². The van der Waals surface area contributed by atoms with E-state index in [0.29, 0.717) is 129 Å². The Morgan fingerprint density at radius 3 is 1.30 bits per heavy atom. The van der Waals surface area contributed by atoms with Crippen LogP contribution in [0.1, 0.15) is 87.6 Å². The molecule has 0 aliphatic heterocycles. The summed E-state index contributed by atoms with van der Waals surface area (Å²) in [5.74, 6) is 4.09. The highest BCUT2D eigenvalue weighted by Gasteiger charge is 2.15. The average molecular weight is 1510 g/mol. The molecular formula is C85H77N9O18. The third-order valence-electron chi connectivity index (χ3n) is 15.8. The number of carbonyl (C=O) groups is 5. The Bertz CT molecular complexity index is 5450. The average Bonchev–Trinajstić information content (AvgIpc) is 1.68. The summed E-state index contributed by atoms with van der Waals surface area (Å²) in [6, 6.07) is 61.8. The molecule has 27 heteroatoms. The lowest BCUT2D eigenvalue weighted by Crippen LogP contribution is -2.12. The number of aromatic hydroxyl groups is 3. The van der Waals surface area contributed by atoms with E-state index in [4.69, 9.17) is 52.8 Å². The number of pyridine rings is 4. The Kier molecular flexibility index (Phi) is 29.4. The summed E-state index contributed by atoms with van der Waals surface area (Å²) >= 11 is 0. The summed E-state index contributed by atoms with van der Waals surface area (Å²) in [5, 5.41) is 42.8. The van der Waals surface area contributed by atoms with E-state index in [9.17, 15) is 39.3 Å². The van der Waals surface area contributed by atoms with Crippen LogP contribution in [0.5, 0.6) is 57.5 Å². The van der Waals surface area contributed by atoms with Crippen LogP contribution in [0.2, 0.25) is 0 Å². The quantitative estimate of drug-likeness (QED) is 0.0159. The van der Waals surface area contributed by atoms with Gasteiger partial charge in [-0.2, -0.15) is 0 Å². The number of hydrogen-bond donors (Lipinski definition) is 7. The Morgan fingerprint density at radius 1 is 0.446 bits per heavy atom.